The highest BCUT2D eigenvalue weighted by Gasteiger charge is 2.44. The number of aliphatic hydroxyl groups excluding tert-OH is 1. The Morgan fingerprint density at radius 3 is 2.44 bits per heavy atom. The first-order valence-corrected chi connectivity index (χ1v) is 9.60. The van der Waals surface area contributed by atoms with Gasteiger partial charge in [-0.05, 0) is 47.7 Å². The quantitative estimate of drug-likeness (QED) is 0.673. The van der Waals surface area contributed by atoms with Crippen LogP contribution in [0.3, 0.4) is 0 Å². The van der Waals surface area contributed by atoms with Crippen LogP contribution in [-0.2, 0) is 5.41 Å². The van der Waals surface area contributed by atoms with Crippen LogP contribution >= 0.6 is 11.3 Å². The van der Waals surface area contributed by atoms with Crippen LogP contribution in [0.15, 0.2) is 41.8 Å². The van der Waals surface area contributed by atoms with E-state index in [0.717, 1.165) is 33.2 Å². The molecule has 5 rings (SSSR count). The summed E-state index contributed by atoms with van der Waals surface area (Å²) in [5, 5.41) is 14.0. The molecule has 0 bridgehead atoms. The normalized spacial score (nSPS) is 22.5. The van der Waals surface area contributed by atoms with Gasteiger partial charge in [-0.15, -0.1) is 11.3 Å². The van der Waals surface area contributed by atoms with Gasteiger partial charge in [0.05, 0.1) is 25.2 Å². The van der Waals surface area contributed by atoms with Gasteiger partial charge in [-0.1, -0.05) is 12.2 Å². The summed E-state index contributed by atoms with van der Waals surface area (Å²) >= 11 is 1.41. The van der Waals surface area contributed by atoms with E-state index in [0.29, 0.717) is 16.2 Å². The number of ether oxygens (including phenoxy) is 2. The summed E-state index contributed by atoms with van der Waals surface area (Å²) in [7, 11) is 3.26. The van der Waals surface area contributed by atoms with Crippen LogP contribution in [-0.4, -0.2) is 25.1 Å². The molecule has 136 valence electrons. The number of aliphatic hydroxyl groups is 1. The molecular weight excluding hydrogens is 360 g/mol. The van der Waals surface area contributed by atoms with E-state index in [2.05, 4.69) is 6.92 Å². The van der Waals surface area contributed by atoms with Crippen LogP contribution in [0.4, 0.5) is 0 Å². The Morgan fingerprint density at radius 1 is 1.11 bits per heavy atom. The van der Waals surface area contributed by atoms with Crippen molar-refractivity contribution in [2.24, 2.45) is 0 Å². The Kier molecular flexibility index (Phi) is 3.33. The molecule has 1 N–H and O–H groups in total. The SMILES string of the molecule is COc1ccc(OC)c2cc3c(cc12)C(=O)c1scc2c1[C@]3(C)C=C[C@@H]2O. The molecule has 2 atom stereocenters. The molecule has 3 aromatic rings. The monoisotopic (exact) mass is 378 g/mol. The molecule has 0 radical (unpaired) electrons. The fourth-order valence-electron chi connectivity index (χ4n) is 4.42. The zero-order valence-corrected chi connectivity index (χ0v) is 16.0. The van der Waals surface area contributed by atoms with E-state index in [-0.39, 0.29) is 5.78 Å². The zero-order chi connectivity index (χ0) is 18.9. The summed E-state index contributed by atoms with van der Waals surface area (Å²) in [5.41, 5.74) is 2.91. The van der Waals surface area contributed by atoms with Crippen molar-refractivity contribution in [2.75, 3.05) is 14.2 Å². The fourth-order valence-corrected chi connectivity index (χ4v) is 5.59. The van der Waals surface area contributed by atoms with Crippen LogP contribution in [0, 0.1) is 0 Å². The van der Waals surface area contributed by atoms with Crippen molar-refractivity contribution in [3.8, 4) is 11.5 Å². The van der Waals surface area contributed by atoms with Gasteiger partial charge < -0.3 is 14.6 Å². The van der Waals surface area contributed by atoms with E-state index in [1.807, 2.05) is 41.8 Å². The van der Waals surface area contributed by atoms with Crippen molar-refractivity contribution in [1.82, 2.24) is 0 Å². The number of rotatable bonds is 2. The molecule has 0 aliphatic heterocycles. The van der Waals surface area contributed by atoms with Gasteiger partial charge in [0.1, 0.15) is 11.5 Å². The van der Waals surface area contributed by atoms with Gasteiger partial charge in [-0.2, -0.15) is 0 Å². The van der Waals surface area contributed by atoms with E-state index >= 15 is 0 Å². The summed E-state index contributed by atoms with van der Waals surface area (Å²) in [6, 6.07) is 7.69. The molecule has 0 fully saturated rings. The lowest BCUT2D eigenvalue weighted by Gasteiger charge is -2.37. The number of fused-ring (bicyclic) bond motifs is 3. The Labute approximate surface area is 160 Å². The Morgan fingerprint density at radius 2 is 1.78 bits per heavy atom. The van der Waals surface area contributed by atoms with Crippen molar-refractivity contribution in [3.05, 3.63) is 68.9 Å². The molecule has 2 aromatic carbocycles. The van der Waals surface area contributed by atoms with Gasteiger partial charge >= 0.3 is 0 Å². The topological polar surface area (TPSA) is 55.8 Å². The van der Waals surface area contributed by atoms with Gasteiger partial charge in [0.2, 0.25) is 5.78 Å². The zero-order valence-electron chi connectivity index (χ0n) is 15.2. The van der Waals surface area contributed by atoms with Crippen molar-refractivity contribution < 1.29 is 19.4 Å². The Hall–Kier alpha value is -2.63. The summed E-state index contributed by atoms with van der Waals surface area (Å²) in [4.78, 5) is 14.0. The van der Waals surface area contributed by atoms with Crippen LogP contribution in [0.1, 0.15) is 45.0 Å². The minimum Gasteiger partial charge on any atom is -0.496 e. The van der Waals surface area contributed by atoms with E-state index in [4.69, 9.17) is 9.47 Å². The largest absolute Gasteiger partial charge is 0.496 e. The summed E-state index contributed by atoms with van der Waals surface area (Å²) < 4.78 is 11.1. The number of hydrogen-bond acceptors (Lipinski definition) is 5. The Balaban J connectivity index is 1.90. The maximum atomic E-state index is 13.3. The lowest BCUT2D eigenvalue weighted by atomic mass is 9.65. The average Bonchev–Trinajstić information content (AvgIpc) is 3.15. The van der Waals surface area contributed by atoms with Gasteiger partial charge in [0.15, 0.2) is 0 Å². The fraction of sp³-hybridized carbons (Fsp3) is 0.227. The lowest BCUT2D eigenvalue weighted by Crippen LogP contribution is -2.33. The van der Waals surface area contributed by atoms with Crippen molar-refractivity contribution in [2.45, 2.75) is 18.4 Å². The number of thiophene rings is 1. The minimum atomic E-state index is -0.664. The van der Waals surface area contributed by atoms with Gasteiger partial charge in [-0.25, -0.2) is 0 Å². The maximum Gasteiger partial charge on any atom is 0.203 e. The maximum absolute atomic E-state index is 13.3. The number of methoxy groups -OCH3 is 2. The molecule has 5 heteroatoms. The second kappa shape index (κ2) is 5.44. The number of carbonyl (C=O) groups excluding carboxylic acids is 1. The minimum absolute atomic E-state index is 0.00278. The van der Waals surface area contributed by atoms with Crippen LogP contribution in [0.5, 0.6) is 11.5 Å². The molecule has 1 aromatic heterocycles. The first-order chi connectivity index (χ1) is 13.0. The molecule has 0 saturated heterocycles. The van der Waals surface area contributed by atoms with Crippen LogP contribution < -0.4 is 9.47 Å². The lowest BCUT2D eigenvalue weighted by molar-refractivity contribution is 0.103. The van der Waals surface area contributed by atoms with E-state index in [1.165, 1.54) is 11.3 Å². The highest BCUT2D eigenvalue weighted by Crippen LogP contribution is 2.52. The van der Waals surface area contributed by atoms with E-state index in [9.17, 15) is 9.90 Å². The molecular formula is C22H18O4S. The van der Waals surface area contributed by atoms with Gasteiger partial charge in [0.25, 0.3) is 0 Å². The Bertz CT molecular complexity index is 1160. The summed E-state index contributed by atoms with van der Waals surface area (Å²) in [5.74, 6) is 1.45. The molecule has 0 amide bonds. The molecule has 2 aliphatic carbocycles. The van der Waals surface area contributed by atoms with Crippen molar-refractivity contribution >= 4 is 27.9 Å². The third kappa shape index (κ3) is 1.98. The molecule has 27 heavy (non-hydrogen) atoms. The van der Waals surface area contributed by atoms with Gasteiger partial charge in [0, 0.05) is 27.3 Å². The second-order valence-corrected chi connectivity index (χ2v) is 8.02. The first kappa shape index (κ1) is 16.5. The highest BCUT2D eigenvalue weighted by atomic mass is 32.1. The highest BCUT2D eigenvalue weighted by molar-refractivity contribution is 7.12. The van der Waals surface area contributed by atoms with Crippen molar-refractivity contribution in [3.63, 3.8) is 0 Å². The molecule has 4 nitrogen and oxygen atoms in total. The molecule has 0 saturated carbocycles. The van der Waals surface area contributed by atoms with Crippen LogP contribution in [0.2, 0.25) is 0 Å². The third-order valence-electron chi connectivity index (χ3n) is 5.79. The standard InChI is InChI=1S/C22H18O4S/c1-22-7-6-16(23)14-10-27-21(19(14)22)20(24)13-8-11-12(9-15(13)22)18(26-3)5-4-17(11)25-2/h4-10,16,23H,1-3H3/t16-,22+/m0/s1. The smallest absolute Gasteiger partial charge is 0.203 e. The molecule has 0 unspecified atom stereocenters. The van der Waals surface area contributed by atoms with Gasteiger partial charge in [-0.3, -0.25) is 4.79 Å². The van der Waals surface area contributed by atoms with Crippen LogP contribution in [0.25, 0.3) is 10.8 Å². The summed E-state index contributed by atoms with van der Waals surface area (Å²) in [6.07, 6.45) is 3.16. The number of ketones is 1. The number of allylic oxidation sites excluding steroid dienone is 1. The molecule has 1 heterocycles. The average molecular weight is 378 g/mol. The van der Waals surface area contributed by atoms with E-state index in [1.54, 1.807) is 14.2 Å². The summed E-state index contributed by atoms with van der Waals surface area (Å²) in [6.45, 7) is 2.11. The predicted octanol–water partition coefficient (Wildman–Crippen LogP) is 4.37. The second-order valence-electron chi connectivity index (χ2n) is 7.14. The van der Waals surface area contributed by atoms with E-state index < -0.39 is 11.5 Å². The first-order valence-electron chi connectivity index (χ1n) is 8.72. The number of hydrogen-bond donors (Lipinski definition) is 1. The predicted molar refractivity (Wildman–Crippen MR) is 105 cm³/mol. The third-order valence-corrected chi connectivity index (χ3v) is 6.79. The van der Waals surface area contributed by atoms with Crippen molar-refractivity contribution in [1.29, 1.82) is 0 Å². The number of carbonyl (C=O) groups is 1. The number of benzene rings is 2. The molecule has 0 spiro atoms. The molecule has 2 aliphatic rings.